The van der Waals surface area contributed by atoms with Gasteiger partial charge in [-0.05, 0) is 56.0 Å². The lowest BCUT2D eigenvalue weighted by atomic mass is 10.1. The van der Waals surface area contributed by atoms with Gasteiger partial charge < -0.3 is 10.2 Å². The van der Waals surface area contributed by atoms with Crippen LogP contribution in [0.25, 0.3) is 0 Å². The highest BCUT2D eigenvalue weighted by Gasteiger charge is 2.46. The molecule has 3 nitrogen and oxygen atoms in total. The lowest BCUT2D eigenvalue weighted by molar-refractivity contribution is -0.131. The summed E-state index contributed by atoms with van der Waals surface area (Å²) in [5.41, 5.74) is 1.13. The fraction of sp³-hybridized carbons (Fsp3) is 0.562. The average molecular weight is 327 g/mol. The van der Waals surface area contributed by atoms with Gasteiger partial charge in [0, 0.05) is 19.0 Å². The molecule has 0 aromatic heterocycles. The smallest absolute Gasteiger partial charge is 0.226 e. The molecule has 1 aromatic rings. The molecule has 0 bridgehead atoms. The van der Waals surface area contributed by atoms with Crippen LogP contribution in [0.15, 0.2) is 18.2 Å². The summed E-state index contributed by atoms with van der Waals surface area (Å²) in [6.45, 7) is 2.78. The van der Waals surface area contributed by atoms with E-state index in [0.717, 1.165) is 38.0 Å². The topological polar surface area (TPSA) is 32.3 Å². The standard InChI is InChI=1S/C16H20Cl2N2O/c1-19-8-10-4-5-20(9-10)16(21)13-7-12(13)11-2-3-14(17)15(18)6-11/h2-3,6,10,12-13,19H,4-5,7-9H2,1H3. The van der Waals surface area contributed by atoms with Gasteiger partial charge >= 0.3 is 0 Å². The molecule has 1 N–H and O–H groups in total. The number of halogens is 2. The van der Waals surface area contributed by atoms with Crippen molar-refractivity contribution in [3.05, 3.63) is 33.8 Å². The minimum Gasteiger partial charge on any atom is -0.342 e. The second-order valence-electron chi connectivity index (χ2n) is 6.12. The van der Waals surface area contributed by atoms with Crippen LogP contribution >= 0.6 is 23.2 Å². The quantitative estimate of drug-likeness (QED) is 0.921. The molecule has 3 atom stereocenters. The van der Waals surface area contributed by atoms with Crippen molar-refractivity contribution in [3.8, 4) is 0 Å². The first kappa shape index (κ1) is 15.1. The monoisotopic (exact) mass is 326 g/mol. The fourth-order valence-electron chi connectivity index (χ4n) is 3.30. The Morgan fingerprint density at radius 2 is 2.19 bits per heavy atom. The maximum atomic E-state index is 12.5. The zero-order chi connectivity index (χ0) is 15.0. The van der Waals surface area contributed by atoms with E-state index in [1.54, 1.807) is 0 Å². The third-order valence-electron chi connectivity index (χ3n) is 4.57. The molecule has 21 heavy (non-hydrogen) atoms. The van der Waals surface area contributed by atoms with Gasteiger partial charge in [-0.15, -0.1) is 0 Å². The largest absolute Gasteiger partial charge is 0.342 e. The Morgan fingerprint density at radius 3 is 2.90 bits per heavy atom. The van der Waals surface area contributed by atoms with E-state index in [2.05, 4.69) is 5.32 Å². The lowest BCUT2D eigenvalue weighted by Gasteiger charge is -2.16. The summed E-state index contributed by atoms with van der Waals surface area (Å²) in [5.74, 6) is 1.36. The highest BCUT2D eigenvalue weighted by molar-refractivity contribution is 6.42. The molecular formula is C16H20Cl2N2O. The normalized spacial score (nSPS) is 28.0. The molecule has 3 unspecified atom stereocenters. The Kier molecular flexibility index (Phi) is 4.43. The van der Waals surface area contributed by atoms with Gasteiger partial charge in [0.2, 0.25) is 5.91 Å². The van der Waals surface area contributed by atoms with Crippen LogP contribution in [0.3, 0.4) is 0 Å². The van der Waals surface area contributed by atoms with Gasteiger partial charge in [0.1, 0.15) is 0 Å². The first-order valence-electron chi connectivity index (χ1n) is 7.48. The van der Waals surface area contributed by atoms with Crippen LogP contribution in [0.5, 0.6) is 0 Å². The minimum absolute atomic E-state index is 0.135. The van der Waals surface area contributed by atoms with E-state index in [1.165, 1.54) is 0 Å². The van der Waals surface area contributed by atoms with E-state index in [4.69, 9.17) is 23.2 Å². The van der Waals surface area contributed by atoms with Gasteiger partial charge in [0.25, 0.3) is 0 Å². The molecule has 2 aliphatic rings. The van der Waals surface area contributed by atoms with Crippen molar-refractivity contribution in [1.82, 2.24) is 10.2 Å². The van der Waals surface area contributed by atoms with Gasteiger partial charge in [-0.2, -0.15) is 0 Å². The molecule has 1 saturated carbocycles. The van der Waals surface area contributed by atoms with Crippen LogP contribution in [-0.2, 0) is 4.79 Å². The first-order chi connectivity index (χ1) is 10.1. The number of carbonyl (C=O) groups excluding carboxylic acids is 1. The van der Waals surface area contributed by atoms with Crippen molar-refractivity contribution < 1.29 is 4.79 Å². The van der Waals surface area contributed by atoms with E-state index in [-0.39, 0.29) is 5.92 Å². The third-order valence-corrected chi connectivity index (χ3v) is 5.31. The van der Waals surface area contributed by atoms with Crippen molar-refractivity contribution >= 4 is 29.1 Å². The van der Waals surface area contributed by atoms with Crippen molar-refractivity contribution in [2.24, 2.45) is 11.8 Å². The molecule has 1 saturated heterocycles. The summed E-state index contributed by atoms with van der Waals surface area (Å²) in [7, 11) is 1.96. The van der Waals surface area contributed by atoms with Gasteiger partial charge in [-0.25, -0.2) is 0 Å². The van der Waals surface area contributed by atoms with Crippen molar-refractivity contribution in [3.63, 3.8) is 0 Å². The molecule has 1 aliphatic heterocycles. The van der Waals surface area contributed by atoms with E-state index in [1.807, 2.05) is 30.1 Å². The first-order valence-corrected chi connectivity index (χ1v) is 8.24. The number of amides is 1. The Balaban J connectivity index is 1.60. The Labute approximate surface area is 135 Å². The van der Waals surface area contributed by atoms with Crippen LogP contribution in [-0.4, -0.2) is 37.5 Å². The SMILES string of the molecule is CNCC1CCN(C(=O)C2CC2c2ccc(Cl)c(Cl)c2)C1. The van der Waals surface area contributed by atoms with Crippen LogP contribution in [0.2, 0.25) is 10.0 Å². The van der Waals surface area contributed by atoms with Gasteiger partial charge in [-0.3, -0.25) is 4.79 Å². The van der Waals surface area contributed by atoms with Crippen LogP contribution in [0, 0.1) is 11.8 Å². The van der Waals surface area contributed by atoms with Crippen molar-refractivity contribution in [1.29, 1.82) is 0 Å². The number of rotatable bonds is 4. The van der Waals surface area contributed by atoms with E-state index < -0.39 is 0 Å². The summed E-state index contributed by atoms with van der Waals surface area (Å²) in [4.78, 5) is 14.6. The molecular weight excluding hydrogens is 307 g/mol. The van der Waals surface area contributed by atoms with Crippen LogP contribution in [0.4, 0.5) is 0 Å². The van der Waals surface area contributed by atoms with Gasteiger partial charge in [0.15, 0.2) is 0 Å². The Hall–Kier alpha value is -0.770. The van der Waals surface area contributed by atoms with E-state index in [0.29, 0.717) is 27.8 Å². The molecule has 1 amide bonds. The number of likely N-dealkylation sites (tertiary alicyclic amines) is 1. The number of benzene rings is 1. The number of hydrogen-bond acceptors (Lipinski definition) is 2. The summed E-state index contributed by atoms with van der Waals surface area (Å²) in [6, 6.07) is 5.70. The number of hydrogen-bond donors (Lipinski definition) is 1. The summed E-state index contributed by atoms with van der Waals surface area (Å²) in [5, 5.41) is 4.33. The fourth-order valence-corrected chi connectivity index (χ4v) is 3.61. The summed E-state index contributed by atoms with van der Waals surface area (Å²) < 4.78 is 0. The molecule has 0 radical (unpaired) electrons. The number of carbonyl (C=O) groups is 1. The van der Waals surface area contributed by atoms with Crippen LogP contribution < -0.4 is 5.32 Å². The molecule has 1 aliphatic carbocycles. The number of nitrogens with zero attached hydrogens (tertiary/aromatic N) is 1. The molecule has 0 spiro atoms. The second-order valence-corrected chi connectivity index (χ2v) is 6.93. The molecule has 5 heteroatoms. The van der Waals surface area contributed by atoms with Crippen LogP contribution in [0.1, 0.15) is 24.3 Å². The van der Waals surface area contributed by atoms with Gasteiger partial charge in [0.05, 0.1) is 10.0 Å². The average Bonchev–Trinajstić information content (AvgIpc) is 3.13. The molecule has 114 valence electrons. The predicted molar refractivity (Wildman–Crippen MR) is 85.9 cm³/mol. The minimum atomic E-state index is 0.135. The maximum absolute atomic E-state index is 12.5. The van der Waals surface area contributed by atoms with Gasteiger partial charge in [-0.1, -0.05) is 29.3 Å². The zero-order valence-electron chi connectivity index (χ0n) is 12.1. The molecule has 1 heterocycles. The zero-order valence-corrected chi connectivity index (χ0v) is 13.6. The Bertz CT molecular complexity index is 549. The molecule has 1 aromatic carbocycles. The van der Waals surface area contributed by atoms with Crippen molar-refractivity contribution in [2.75, 3.05) is 26.7 Å². The highest BCUT2D eigenvalue weighted by Crippen LogP contribution is 2.49. The Morgan fingerprint density at radius 1 is 1.38 bits per heavy atom. The summed E-state index contributed by atoms with van der Waals surface area (Å²) >= 11 is 12.0. The van der Waals surface area contributed by atoms with Crippen molar-refractivity contribution in [2.45, 2.75) is 18.8 Å². The molecule has 3 rings (SSSR count). The third kappa shape index (κ3) is 3.20. The van der Waals surface area contributed by atoms with E-state index >= 15 is 0 Å². The predicted octanol–water partition coefficient (Wildman–Crippen LogP) is 3.16. The lowest BCUT2D eigenvalue weighted by Crippen LogP contribution is -2.31. The maximum Gasteiger partial charge on any atom is 0.226 e. The second kappa shape index (κ2) is 6.15. The summed E-state index contributed by atoms with van der Waals surface area (Å²) in [6.07, 6.45) is 2.04. The number of nitrogens with one attached hydrogen (secondary N) is 1. The van der Waals surface area contributed by atoms with E-state index in [9.17, 15) is 4.79 Å². The highest BCUT2D eigenvalue weighted by atomic mass is 35.5. The molecule has 2 fully saturated rings.